The first kappa shape index (κ1) is 10.8. The second kappa shape index (κ2) is 4.16. The van der Waals surface area contributed by atoms with Crippen LogP contribution in [0.1, 0.15) is 0 Å². The fourth-order valence-corrected chi connectivity index (χ4v) is 2.28. The Morgan fingerprint density at radius 3 is 2.50 bits per heavy atom. The van der Waals surface area contributed by atoms with Crippen LogP contribution in [-0.2, 0) is 0 Å². The number of fused-ring (bicyclic) bond motifs is 3. The number of pyridine rings is 1. The van der Waals surface area contributed by atoms with Gasteiger partial charge in [0.1, 0.15) is 11.6 Å². The number of nitrogens with two attached hydrogens (primary N) is 1. The molecule has 2 aromatic carbocycles. The minimum Gasteiger partial charge on any atom is -0.496 e. The lowest BCUT2D eigenvalue weighted by Crippen LogP contribution is -2.08. The lowest BCUT2D eigenvalue weighted by molar-refractivity contribution is 0.420. The summed E-state index contributed by atoms with van der Waals surface area (Å²) >= 11 is 0. The molecule has 0 spiro atoms. The molecule has 3 rings (SSSR count). The van der Waals surface area contributed by atoms with Crippen molar-refractivity contribution in [3.8, 4) is 5.75 Å². The van der Waals surface area contributed by atoms with E-state index < -0.39 is 0 Å². The predicted octanol–water partition coefficient (Wildman–Crippen LogP) is 2.68. The minimum atomic E-state index is 0.650. The van der Waals surface area contributed by atoms with E-state index in [0.717, 1.165) is 27.3 Å². The Morgan fingerprint density at radius 1 is 1.06 bits per heavy atom. The van der Waals surface area contributed by atoms with Crippen LogP contribution in [0.5, 0.6) is 5.75 Å². The molecule has 4 heteroatoms. The molecule has 0 atom stereocenters. The highest BCUT2D eigenvalue weighted by Gasteiger charge is 2.09. The van der Waals surface area contributed by atoms with Gasteiger partial charge in [0.2, 0.25) is 0 Å². The molecule has 0 fully saturated rings. The second-order valence-electron chi connectivity index (χ2n) is 4.02. The van der Waals surface area contributed by atoms with E-state index >= 15 is 0 Å². The molecule has 0 aliphatic rings. The molecule has 0 amide bonds. The van der Waals surface area contributed by atoms with Crippen molar-refractivity contribution < 1.29 is 4.74 Å². The summed E-state index contributed by atoms with van der Waals surface area (Å²) in [7, 11) is 1.67. The van der Waals surface area contributed by atoms with Crippen LogP contribution < -0.4 is 16.0 Å². The maximum absolute atomic E-state index is 5.50. The van der Waals surface area contributed by atoms with Gasteiger partial charge in [-0.3, -0.25) is 0 Å². The standard InChI is InChI=1S/C14H13N3O/c1-18-13-8-12-10(6-7-16-14(12)17-15)9-4-2-3-5-11(9)13/h2-8H,15H2,1H3,(H,16,17). The van der Waals surface area contributed by atoms with E-state index in [9.17, 15) is 0 Å². The highest BCUT2D eigenvalue weighted by Crippen LogP contribution is 2.35. The lowest BCUT2D eigenvalue weighted by atomic mass is 10.0. The highest BCUT2D eigenvalue weighted by atomic mass is 16.5. The van der Waals surface area contributed by atoms with Crippen molar-refractivity contribution in [2.24, 2.45) is 5.84 Å². The van der Waals surface area contributed by atoms with Crippen LogP contribution in [0.3, 0.4) is 0 Å². The number of benzene rings is 2. The normalized spacial score (nSPS) is 10.8. The van der Waals surface area contributed by atoms with Crippen molar-refractivity contribution >= 4 is 27.4 Å². The van der Waals surface area contributed by atoms with Gasteiger partial charge in [0, 0.05) is 17.0 Å². The summed E-state index contributed by atoms with van der Waals surface area (Å²) in [6.45, 7) is 0. The first-order valence-electron chi connectivity index (χ1n) is 5.66. The Morgan fingerprint density at radius 2 is 1.78 bits per heavy atom. The van der Waals surface area contributed by atoms with Crippen molar-refractivity contribution in [3.05, 3.63) is 42.6 Å². The van der Waals surface area contributed by atoms with Crippen LogP contribution in [0, 0.1) is 0 Å². The molecule has 18 heavy (non-hydrogen) atoms. The molecule has 4 nitrogen and oxygen atoms in total. The van der Waals surface area contributed by atoms with Gasteiger partial charge < -0.3 is 10.2 Å². The van der Waals surface area contributed by atoms with Crippen LogP contribution in [-0.4, -0.2) is 12.1 Å². The molecule has 0 unspecified atom stereocenters. The summed E-state index contributed by atoms with van der Waals surface area (Å²) in [6.07, 6.45) is 1.75. The van der Waals surface area contributed by atoms with Crippen LogP contribution >= 0.6 is 0 Å². The van der Waals surface area contributed by atoms with Gasteiger partial charge in [-0.2, -0.15) is 0 Å². The van der Waals surface area contributed by atoms with Gasteiger partial charge in [0.15, 0.2) is 0 Å². The topological polar surface area (TPSA) is 60.2 Å². The van der Waals surface area contributed by atoms with Crippen molar-refractivity contribution in [1.29, 1.82) is 0 Å². The van der Waals surface area contributed by atoms with Crippen molar-refractivity contribution in [2.45, 2.75) is 0 Å². The number of anilines is 1. The largest absolute Gasteiger partial charge is 0.496 e. The molecule has 0 bridgehead atoms. The number of nitrogens with zero attached hydrogens (tertiary/aromatic N) is 1. The van der Waals surface area contributed by atoms with E-state index in [1.807, 2.05) is 30.3 Å². The maximum atomic E-state index is 5.50. The maximum Gasteiger partial charge on any atom is 0.147 e. The lowest BCUT2D eigenvalue weighted by Gasteiger charge is -2.11. The van der Waals surface area contributed by atoms with Crippen molar-refractivity contribution in [3.63, 3.8) is 0 Å². The summed E-state index contributed by atoms with van der Waals surface area (Å²) in [5.74, 6) is 6.97. The van der Waals surface area contributed by atoms with E-state index in [0.29, 0.717) is 5.82 Å². The second-order valence-corrected chi connectivity index (χ2v) is 4.02. The minimum absolute atomic E-state index is 0.650. The van der Waals surface area contributed by atoms with Crippen LogP contribution in [0.15, 0.2) is 42.6 Å². The Labute approximate surface area is 104 Å². The van der Waals surface area contributed by atoms with Crippen molar-refractivity contribution in [2.75, 3.05) is 12.5 Å². The molecule has 0 saturated heterocycles. The highest BCUT2D eigenvalue weighted by molar-refractivity contribution is 6.13. The quantitative estimate of drug-likeness (QED) is 0.410. The smallest absolute Gasteiger partial charge is 0.147 e. The van der Waals surface area contributed by atoms with Gasteiger partial charge in [-0.05, 0) is 22.9 Å². The number of nitrogen functional groups attached to an aromatic ring is 1. The van der Waals surface area contributed by atoms with E-state index in [4.69, 9.17) is 10.6 Å². The summed E-state index contributed by atoms with van der Waals surface area (Å²) in [5.41, 5.74) is 2.62. The number of aromatic nitrogens is 1. The van der Waals surface area contributed by atoms with Gasteiger partial charge in [-0.15, -0.1) is 0 Å². The van der Waals surface area contributed by atoms with Crippen LogP contribution in [0.2, 0.25) is 0 Å². The van der Waals surface area contributed by atoms with E-state index in [1.165, 1.54) is 0 Å². The summed E-state index contributed by atoms with van der Waals surface area (Å²) in [6, 6.07) is 12.1. The van der Waals surface area contributed by atoms with E-state index in [1.54, 1.807) is 13.3 Å². The molecule has 1 aromatic heterocycles. The Hall–Kier alpha value is -2.33. The van der Waals surface area contributed by atoms with E-state index in [2.05, 4.69) is 16.5 Å². The monoisotopic (exact) mass is 239 g/mol. The van der Waals surface area contributed by atoms with Gasteiger partial charge >= 0.3 is 0 Å². The fraction of sp³-hybridized carbons (Fsp3) is 0.0714. The molecule has 90 valence electrons. The number of methoxy groups -OCH3 is 1. The third-order valence-electron chi connectivity index (χ3n) is 3.10. The molecule has 0 radical (unpaired) electrons. The number of hydrogen-bond donors (Lipinski definition) is 2. The first-order chi connectivity index (χ1) is 8.85. The van der Waals surface area contributed by atoms with Gasteiger partial charge in [0.25, 0.3) is 0 Å². The Bertz CT molecular complexity index is 719. The predicted molar refractivity (Wildman–Crippen MR) is 73.6 cm³/mol. The molecule has 0 aliphatic heterocycles. The van der Waals surface area contributed by atoms with Crippen molar-refractivity contribution in [1.82, 2.24) is 4.98 Å². The zero-order valence-electron chi connectivity index (χ0n) is 9.97. The molecule has 3 aromatic rings. The molecule has 3 N–H and O–H groups in total. The summed E-state index contributed by atoms with van der Waals surface area (Å²) in [5, 5.41) is 4.28. The third-order valence-corrected chi connectivity index (χ3v) is 3.10. The SMILES string of the molecule is COc1cc2c(NN)nccc2c2ccccc12. The molecule has 0 saturated carbocycles. The zero-order chi connectivity index (χ0) is 12.5. The summed E-state index contributed by atoms with van der Waals surface area (Å²) < 4.78 is 5.44. The molecular formula is C14H13N3O. The number of nitrogens with one attached hydrogen (secondary N) is 1. The third kappa shape index (κ3) is 1.47. The van der Waals surface area contributed by atoms with Crippen LogP contribution in [0.25, 0.3) is 21.5 Å². The average Bonchev–Trinajstić information content (AvgIpc) is 2.45. The molecule has 1 heterocycles. The number of hydrogen-bond acceptors (Lipinski definition) is 4. The number of hydrazine groups is 1. The van der Waals surface area contributed by atoms with Crippen LogP contribution in [0.4, 0.5) is 5.82 Å². The van der Waals surface area contributed by atoms with Gasteiger partial charge in [-0.25, -0.2) is 10.8 Å². The van der Waals surface area contributed by atoms with Gasteiger partial charge in [-0.1, -0.05) is 24.3 Å². The Balaban J connectivity index is 2.54. The number of rotatable bonds is 2. The zero-order valence-corrected chi connectivity index (χ0v) is 9.97. The summed E-state index contributed by atoms with van der Waals surface area (Å²) in [4.78, 5) is 4.22. The fourth-order valence-electron chi connectivity index (χ4n) is 2.28. The molecule has 0 aliphatic carbocycles. The van der Waals surface area contributed by atoms with E-state index in [-0.39, 0.29) is 0 Å². The van der Waals surface area contributed by atoms with Gasteiger partial charge in [0.05, 0.1) is 7.11 Å². The average molecular weight is 239 g/mol. The first-order valence-corrected chi connectivity index (χ1v) is 5.66. The number of ether oxygens (including phenoxy) is 1. The molecular weight excluding hydrogens is 226 g/mol. The Kier molecular flexibility index (Phi) is 2.50.